The van der Waals surface area contributed by atoms with E-state index in [1.807, 2.05) is 0 Å². The molecule has 0 saturated heterocycles. The Morgan fingerprint density at radius 2 is 2.19 bits per heavy atom. The lowest BCUT2D eigenvalue weighted by molar-refractivity contribution is 0.481. The molecule has 0 aromatic heterocycles. The van der Waals surface area contributed by atoms with Crippen molar-refractivity contribution in [3.63, 3.8) is 0 Å². The van der Waals surface area contributed by atoms with Gasteiger partial charge in [-0.3, -0.25) is 0 Å². The van der Waals surface area contributed by atoms with Gasteiger partial charge in [-0.05, 0) is 49.4 Å². The molecule has 1 aromatic carbocycles. The molecule has 0 bridgehead atoms. The third-order valence-electron chi connectivity index (χ3n) is 3.62. The van der Waals surface area contributed by atoms with Crippen LogP contribution in [0.3, 0.4) is 0 Å². The summed E-state index contributed by atoms with van der Waals surface area (Å²) in [5.74, 6) is 0. The quantitative estimate of drug-likeness (QED) is 0.900. The fourth-order valence-electron chi connectivity index (χ4n) is 1.98. The van der Waals surface area contributed by atoms with Gasteiger partial charge in [0.2, 0.25) is 0 Å². The zero-order chi connectivity index (χ0) is 11.6. The summed E-state index contributed by atoms with van der Waals surface area (Å²) >= 11 is 3.50. The van der Waals surface area contributed by atoms with Crippen LogP contribution in [0.25, 0.3) is 0 Å². The van der Waals surface area contributed by atoms with Crippen LogP contribution in [0.5, 0.6) is 0 Å². The van der Waals surface area contributed by atoms with E-state index >= 15 is 0 Å². The molecule has 1 saturated carbocycles. The Bertz CT molecular complexity index is 361. The minimum atomic E-state index is 0.472. The number of hydrogen-bond donors (Lipinski definition) is 1. The maximum Gasteiger partial charge on any atom is 0.0374 e. The van der Waals surface area contributed by atoms with Gasteiger partial charge < -0.3 is 10.6 Å². The Labute approximate surface area is 106 Å². The SMILES string of the molecule is CN(CCC1(CN)CC1)c1cccc(Br)c1. The van der Waals surface area contributed by atoms with Gasteiger partial charge >= 0.3 is 0 Å². The molecule has 0 atom stereocenters. The lowest BCUT2D eigenvalue weighted by atomic mass is 10.0. The first-order valence-corrected chi connectivity index (χ1v) is 6.61. The molecule has 0 spiro atoms. The molecule has 1 aliphatic carbocycles. The second-order valence-corrected chi connectivity index (χ2v) is 5.77. The third-order valence-corrected chi connectivity index (χ3v) is 4.11. The van der Waals surface area contributed by atoms with Crippen LogP contribution in [0.2, 0.25) is 0 Å². The molecule has 2 rings (SSSR count). The minimum absolute atomic E-state index is 0.472. The topological polar surface area (TPSA) is 29.3 Å². The van der Waals surface area contributed by atoms with Gasteiger partial charge in [0.15, 0.2) is 0 Å². The van der Waals surface area contributed by atoms with Crippen LogP contribution in [-0.4, -0.2) is 20.1 Å². The van der Waals surface area contributed by atoms with E-state index < -0.39 is 0 Å². The van der Waals surface area contributed by atoms with Gasteiger partial charge in [-0.25, -0.2) is 0 Å². The first-order valence-electron chi connectivity index (χ1n) is 5.82. The number of anilines is 1. The number of nitrogens with zero attached hydrogens (tertiary/aromatic N) is 1. The molecule has 0 aliphatic heterocycles. The summed E-state index contributed by atoms with van der Waals surface area (Å²) in [6.45, 7) is 1.94. The van der Waals surface area contributed by atoms with Crippen molar-refractivity contribution in [3.8, 4) is 0 Å². The maximum absolute atomic E-state index is 5.79. The Balaban J connectivity index is 1.90. The van der Waals surface area contributed by atoms with Gasteiger partial charge in [0.05, 0.1) is 0 Å². The lowest BCUT2D eigenvalue weighted by Crippen LogP contribution is -2.25. The molecule has 1 aliphatic rings. The molecule has 16 heavy (non-hydrogen) atoms. The van der Waals surface area contributed by atoms with Crippen molar-refractivity contribution in [2.75, 3.05) is 25.0 Å². The standard InChI is InChI=1S/C13H19BrN2/c1-16(8-7-13(10-15)5-6-13)12-4-2-3-11(14)9-12/h2-4,9H,5-8,10,15H2,1H3. The number of rotatable bonds is 5. The minimum Gasteiger partial charge on any atom is -0.375 e. The summed E-state index contributed by atoms with van der Waals surface area (Å²) in [7, 11) is 2.15. The summed E-state index contributed by atoms with van der Waals surface area (Å²) < 4.78 is 1.14. The molecule has 3 heteroatoms. The highest BCUT2D eigenvalue weighted by molar-refractivity contribution is 9.10. The first-order chi connectivity index (χ1) is 7.65. The first kappa shape index (κ1) is 11.9. The van der Waals surface area contributed by atoms with E-state index in [0.29, 0.717) is 5.41 Å². The highest BCUT2D eigenvalue weighted by Gasteiger charge is 2.40. The Hall–Kier alpha value is -0.540. The summed E-state index contributed by atoms with van der Waals surface area (Å²) in [6.07, 6.45) is 3.85. The average molecular weight is 283 g/mol. The van der Waals surface area contributed by atoms with E-state index in [-0.39, 0.29) is 0 Å². The van der Waals surface area contributed by atoms with Crippen LogP contribution in [0.4, 0.5) is 5.69 Å². The second-order valence-electron chi connectivity index (χ2n) is 4.86. The fraction of sp³-hybridized carbons (Fsp3) is 0.538. The Morgan fingerprint density at radius 3 is 2.75 bits per heavy atom. The van der Waals surface area contributed by atoms with Crippen LogP contribution < -0.4 is 10.6 Å². The van der Waals surface area contributed by atoms with Crippen molar-refractivity contribution in [1.29, 1.82) is 0 Å². The summed E-state index contributed by atoms with van der Waals surface area (Å²) in [6, 6.07) is 8.43. The van der Waals surface area contributed by atoms with Gasteiger partial charge in [-0.15, -0.1) is 0 Å². The fourth-order valence-corrected chi connectivity index (χ4v) is 2.37. The molecule has 2 nitrogen and oxygen atoms in total. The molecular weight excluding hydrogens is 264 g/mol. The van der Waals surface area contributed by atoms with Gasteiger partial charge in [0.25, 0.3) is 0 Å². The number of halogens is 1. The van der Waals surface area contributed by atoms with Crippen molar-refractivity contribution < 1.29 is 0 Å². The monoisotopic (exact) mass is 282 g/mol. The molecular formula is C13H19BrN2. The highest BCUT2D eigenvalue weighted by Crippen LogP contribution is 2.47. The largest absolute Gasteiger partial charge is 0.375 e. The molecule has 0 unspecified atom stereocenters. The summed E-state index contributed by atoms with van der Waals surface area (Å²) in [5, 5.41) is 0. The molecule has 1 fully saturated rings. The van der Waals surface area contributed by atoms with Crippen molar-refractivity contribution in [2.24, 2.45) is 11.1 Å². The maximum atomic E-state index is 5.79. The molecule has 0 heterocycles. The highest BCUT2D eigenvalue weighted by atomic mass is 79.9. The van der Waals surface area contributed by atoms with Gasteiger partial charge in [0.1, 0.15) is 0 Å². The van der Waals surface area contributed by atoms with Crippen molar-refractivity contribution in [1.82, 2.24) is 0 Å². The predicted octanol–water partition coefficient (Wildman–Crippen LogP) is 3.01. The zero-order valence-electron chi connectivity index (χ0n) is 9.75. The van der Waals surface area contributed by atoms with Crippen LogP contribution >= 0.6 is 15.9 Å². The van der Waals surface area contributed by atoms with Crippen LogP contribution in [0.1, 0.15) is 19.3 Å². The summed E-state index contributed by atoms with van der Waals surface area (Å²) in [5.41, 5.74) is 7.53. The predicted molar refractivity (Wildman–Crippen MR) is 72.8 cm³/mol. The molecule has 0 amide bonds. The summed E-state index contributed by atoms with van der Waals surface area (Å²) in [4.78, 5) is 2.31. The Morgan fingerprint density at radius 1 is 1.44 bits per heavy atom. The number of nitrogens with two attached hydrogens (primary N) is 1. The molecule has 1 aromatic rings. The van der Waals surface area contributed by atoms with Crippen LogP contribution in [0, 0.1) is 5.41 Å². The van der Waals surface area contributed by atoms with E-state index in [1.54, 1.807) is 0 Å². The average Bonchev–Trinajstić information content (AvgIpc) is 3.07. The second kappa shape index (κ2) is 4.76. The van der Waals surface area contributed by atoms with E-state index in [0.717, 1.165) is 17.6 Å². The van der Waals surface area contributed by atoms with Crippen molar-refractivity contribution in [3.05, 3.63) is 28.7 Å². The van der Waals surface area contributed by atoms with Crippen molar-refractivity contribution in [2.45, 2.75) is 19.3 Å². The van der Waals surface area contributed by atoms with Crippen LogP contribution in [-0.2, 0) is 0 Å². The van der Waals surface area contributed by atoms with E-state index in [4.69, 9.17) is 5.73 Å². The van der Waals surface area contributed by atoms with E-state index in [9.17, 15) is 0 Å². The lowest BCUT2D eigenvalue weighted by Gasteiger charge is -2.22. The zero-order valence-corrected chi connectivity index (χ0v) is 11.3. The van der Waals surface area contributed by atoms with Crippen LogP contribution in [0.15, 0.2) is 28.7 Å². The molecule has 88 valence electrons. The van der Waals surface area contributed by atoms with E-state index in [2.05, 4.69) is 52.1 Å². The molecule has 0 radical (unpaired) electrons. The van der Waals surface area contributed by atoms with Gasteiger partial charge in [-0.2, -0.15) is 0 Å². The number of benzene rings is 1. The molecule has 2 N–H and O–H groups in total. The van der Waals surface area contributed by atoms with Crippen molar-refractivity contribution >= 4 is 21.6 Å². The van der Waals surface area contributed by atoms with Gasteiger partial charge in [-0.1, -0.05) is 22.0 Å². The number of hydrogen-bond acceptors (Lipinski definition) is 2. The smallest absolute Gasteiger partial charge is 0.0374 e. The Kier molecular flexibility index (Phi) is 3.55. The van der Waals surface area contributed by atoms with E-state index in [1.165, 1.54) is 24.9 Å². The van der Waals surface area contributed by atoms with Gasteiger partial charge in [0, 0.05) is 23.8 Å². The normalized spacial score (nSPS) is 17.2. The third kappa shape index (κ3) is 2.77.